The van der Waals surface area contributed by atoms with Crippen molar-refractivity contribution in [2.75, 3.05) is 12.8 Å². The summed E-state index contributed by atoms with van der Waals surface area (Å²) in [6.45, 7) is 2.22. The summed E-state index contributed by atoms with van der Waals surface area (Å²) in [6, 6.07) is 12.7. The first kappa shape index (κ1) is 13.9. The summed E-state index contributed by atoms with van der Waals surface area (Å²) in [6.07, 6.45) is 0. The van der Waals surface area contributed by atoms with Crippen LogP contribution in [0.4, 0.5) is 5.69 Å². The van der Waals surface area contributed by atoms with E-state index in [1.807, 2.05) is 31.2 Å². The van der Waals surface area contributed by atoms with Gasteiger partial charge in [0.1, 0.15) is 17.9 Å². The Morgan fingerprint density at radius 1 is 1.20 bits per heavy atom. The van der Waals surface area contributed by atoms with Gasteiger partial charge in [-0.05, 0) is 24.6 Å². The molecule has 2 rings (SSSR count). The summed E-state index contributed by atoms with van der Waals surface area (Å²) in [5.41, 5.74) is 8.64. The maximum absolute atomic E-state index is 12.1. The molecule has 0 spiro atoms. The fraction of sp³-hybridized carbons (Fsp3) is 0.188. The van der Waals surface area contributed by atoms with E-state index >= 15 is 0 Å². The van der Waals surface area contributed by atoms with Crippen molar-refractivity contribution < 1.29 is 14.3 Å². The smallest absolute Gasteiger partial charge is 0.342 e. The van der Waals surface area contributed by atoms with E-state index in [-0.39, 0.29) is 6.61 Å². The van der Waals surface area contributed by atoms with E-state index in [4.69, 9.17) is 15.2 Å². The fourth-order valence-electron chi connectivity index (χ4n) is 1.91. The molecule has 4 nitrogen and oxygen atoms in total. The van der Waals surface area contributed by atoms with Gasteiger partial charge in [-0.3, -0.25) is 0 Å². The highest BCUT2D eigenvalue weighted by atomic mass is 16.5. The van der Waals surface area contributed by atoms with E-state index in [9.17, 15) is 4.79 Å². The monoisotopic (exact) mass is 271 g/mol. The minimum absolute atomic E-state index is 0.230. The molecule has 104 valence electrons. The number of ether oxygens (including phenoxy) is 2. The van der Waals surface area contributed by atoms with E-state index < -0.39 is 5.97 Å². The first-order chi connectivity index (χ1) is 9.60. The molecule has 2 aromatic rings. The van der Waals surface area contributed by atoms with Crippen molar-refractivity contribution in [2.45, 2.75) is 13.5 Å². The van der Waals surface area contributed by atoms with Gasteiger partial charge in [0.15, 0.2) is 0 Å². The van der Waals surface area contributed by atoms with Crippen LogP contribution in [0.15, 0.2) is 42.5 Å². The van der Waals surface area contributed by atoms with Crippen molar-refractivity contribution in [3.63, 3.8) is 0 Å². The molecule has 4 heteroatoms. The Morgan fingerprint density at radius 3 is 2.70 bits per heavy atom. The van der Waals surface area contributed by atoms with Gasteiger partial charge in [0.25, 0.3) is 0 Å². The Hall–Kier alpha value is -2.49. The molecule has 2 N–H and O–H groups in total. The summed E-state index contributed by atoms with van der Waals surface area (Å²) in [4.78, 5) is 12.1. The lowest BCUT2D eigenvalue weighted by Crippen LogP contribution is -2.07. The minimum atomic E-state index is -0.427. The summed E-state index contributed by atoms with van der Waals surface area (Å²) in [7, 11) is 1.49. The molecule has 0 atom stereocenters. The van der Waals surface area contributed by atoms with Crippen molar-refractivity contribution in [3.8, 4) is 5.75 Å². The zero-order chi connectivity index (χ0) is 14.5. The van der Waals surface area contributed by atoms with Gasteiger partial charge >= 0.3 is 5.97 Å². The molecule has 20 heavy (non-hydrogen) atoms. The second-order valence-electron chi connectivity index (χ2n) is 4.52. The molecule has 0 amide bonds. The minimum Gasteiger partial charge on any atom is -0.496 e. The van der Waals surface area contributed by atoms with E-state index in [1.165, 1.54) is 7.11 Å². The van der Waals surface area contributed by atoms with Gasteiger partial charge in [-0.1, -0.05) is 29.8 Å². The van der Waals surface area contributed by atoms with Gasteiger partial charge < -0.3 is 15.2 Å². The Morgan fingerprint density at radius 2 is 2.00 bits per heavy atom. The summed E-state index contributed by atoms with van der Waals surface area (Å²) in [5.74, 6) is -0.0115. The lowest BCUT2D eigenvalue weighted by Gasteiger charge is -2.09. The normalized spacial score (nSPS) is 10.1. The molecule has 0 bridgehead atoms. The molecule has 0 aliphatic rings. The maximum atomic E-state index is 12.1. The molecular formula is C16H17NO3. The first-order valence-electron chi connectivity index (χ1n) is 6.26. The molecule has 0 unspecified atom stereocenters. The van der Waals surface area contributed by atoms with E-state index in [0.29, 0.717) is 17.0 Å². The SMILES string of the molecule is COc1cc(N)ccc1C(=O)OCc1cccc(C)c1. The van der Waals surface area contributed by atoms with Crippen LogP contribution in [0.25, 0.3) is 0 Å². The number of nitrogen functional groups attached to an aromatic ring is 1. The highest BCUT2D eigenvalue weighted by Crippen LogP contribution is 2.22. The van der Waals surface area contributed by atoms with Crippen LogP contribution < -0.4 is 10.5 Å². The Balaban J connectivity index is 2.09. The largest absolute Gasteiger partial charge is 0.496 e. The quantitative estimate of drug-likeness (QED) is 0.686. The standard InChI is InChI=1S/C16H17NO3/c1-11-4-3-5-12(8-11)10-20-16(18)14-7-6-13(17)9-15(14)19-2/h3-9H,10,17H2,1-2H3. The number of aryl methyl sites for hydroxylation is 1. The van der Waals surface area contributed by atoms with Gasteiger partial charge in [0.05, 0.1) is 7.11 Å². The molecule has 0 aliphatic carbocycles. The zero-order valence-corrected chi connectivity index (χ0v) is 11.6. The fourth-order valence-corrected chi connectivity index (χ4v) is 1.91. The lowest BCUT2D eigenvalue weighted by molar-refractivity contribution is 0.0469. The van der Waals surface area contributed by atoms with Gasteiger partial charge in [-0.2, -0.15) is 0 Å². The number of benzene rings is 2. The molecule has 0 radical (unpaired) electrons. The molecule has 0 saturated carbocycles. The van der Waals surface area contributed by atoms with Crippen LogP contribution in [-0.2, 0) is 11.3 Å². The van der Waals surface area contributed by atoms with Crippen LogP contribution in [0.3, 0.4) is 0 Å². The summed E-state index contributed by atoms with van der Waals surface area (Å²) >= 11 is 0. The topological polar surface area (TPSA) is 61.5 Å². The van der Waals surface area contributed by atoms with E-state index in [0.717, 1.165) is 11.1 Å². The molecule has 0 aromatic heterocycles. The number of hydrogen-bond donors (Lipinski definition) is 1. The summed E-state index contributed by atoms with van der Waals surface area (Å²) < 4.78 is 10.4. The predicted octanol–water partition coefficient (Wildman–Crippen LogP) is 2.94. The van der Waals surface area contributed by atoms with Gasteiger partial charge in [0.2, 0.25) is 0 Å². The third-order valence-corrected chi connectivity index (χ3v) is 2.90. The van der Waals surface area contributed by atoms with Crippen molar-refractivity contribution >= 4 is 11.7 Å². The van der Waals surface area contributed by atoms with Crippen LogP contribution in [0, 0.1) is 6.92 Å². The average molecular weight is 271 g/mol. The molecule has 0 saturated heterocycles. The van der Waals surface area contributed by atoms with Crippen molar-refractivity contribution in [2.24, 2.45) is 0 Å². The second kappa shape index (κ2) is 6.10. The van der Waals surface area contributed by atoms with Gasteiger partial charge in [0, 0.05) is 11.8 Å². The first-order valence-corrected chi connectivity index (χ1v) is 6.26. The zero-order valence-electron chi connectivity index (χ0n) is 11.6. The Kier molecular flexibility index (Phi) is 4.25. The number of esters is 1. The molecule has 2 aromatic carbocycles. The van der Waals surface area contributed by atoms with Crippen molar-refractivity contribution in [3.05, 3.63) is 59.2 Å². The molecular weight excluding hydrogens is 254 g/mol. The number of anilines is 1. The highest BCUT2D eigenvalue weighted by Gasteiger charge is 2.14. The van der Waals surface area contributed by atoms with Gasteiger partial charge in [-0.25, -0.2) is 4.79 Å². The number of carbonyl (C=O) groups excluding carboxylic acids is 1. The maximum Gasteiger partial charge on any atom is 0.342 e. The third-order valence-electron chi connectivity index (χ3n) is 2.90. The Bertz CT molecular complexity index is 623. The second-order valence-corrected chi connectivity index (χ2v) is 4.52. The van der Waals surface area contributed by atoms with Crippen LogP contribution in [0.1, 0.15) is 21.5 Å². The highest BCUT2D eigenvalue weighted by molar-refractivity contribution is 5.93. The van der Waals surface area contributed by atoms with Crippen molar-refractivity contribution in [1.82, 2.24) is 0 Å². The third kappa shape index (κ3) is 3.29. The molecule has 0 fully saturated rings. The molecule has 0 heterocycles. The van der Waals surface area contributed by atoms with Crippen molar-refractivity contribution in [1.29, 1.82) is 0 Å². The number of carbonyl (C=O) groups is 1. The van der Waals surface area contributed by atoms with Gasteiger partial charge in [-0.15, -0.1) is 0 Å². The van der Waals surface area contributed by atoms with Crippen LogP contribution in [0.5, 0.6) is 5.75 Å². The predicted molar refractivity (Wildman–Crippen MR) is 77.7 cm³/mol. The van der Waals surface area contributed by atoms with E-state index in [1.54, 1.807) is 18.2 Å². The summed E-state index contributed by atoms with van der Waals surface area (Å²) in [5, 5.41) is 0. The molecule has 0 aliphatic heterocycles. The van der Waals surface area contributed by atoms with E-state index in [2.05, 4.69) is 0 Å². The number of hydrogen-bond acceptors (Lipinski definition) is 4. The van der Waals surface area contributed by atoms with Crippen LogP contribution in [-0.4, -0.2) is 13.1 Å². The number of rotatable bonds is 4. The van der Waals surface area contributed by atoms with Crippen LogP contribution in [0.2, 0.25) is 0 Å². The lowest BCUT2D eigenvalue weighted by atomic mass is 10.1. The average Bonchev–Trinajstić information content (AvgIpc) is 2.44. The number of nitrogens with two attached hydrogens (primary N) is 1. The Labute approximate surface area is 118 Å². The van der Waals surface area contributed by atoms with Crippen LogP contribution >= 0.6 is 0 Å². The number of methoxy groups -OCH3 is 1.